The van der Waals surface area contributed by atoms with Crippen LogP contribution in [0.4, 0.5) is 0 Å². The molecule has 102 valence electrons. The van der Waals surface area contributed by atoms with Crippen molar-refractivity contribution in [2.24, 2.45) is 5.84 Å². The highest BCUT2D eigenvalue weighted by atomic mass is 16.5. The normalized spacial score (nSPS) is 12.6. The molecule has 2 aromatic heterocycles. The predicted octanol–water partition coefficient (Wildman–Crippen LogP) is 0.701. The summed E-state index contributed by atoms with van der Waals surface area (Å²) in [6, 6.07) is 0. The highest BCUT2D eigenvalue weighted by Crippen LogP contribution is 2.27. The van der Waals surface area contributed by atoms with Gasteiger partial charge in [-0.2, -0.15) is 5.10 Å². The molecule has 2 rings (SSSR count). The molecule has 0 aliphatic rings. The average Bonchev–Trinajstić information content (AvgIpc) is 2.86. The Morgan fingerprint density at radius 1 is 1.63 bits per heavy atom. The van der Waals surface area contributed by atoms with E-state index in [9.17, 15) is 4.79 Å². The molecular formula is C12H17N5O2. The Kier molecular flexibility index (Phi) is 4.08. The fourth-order valence-corrected chi connectivity index (χ4v) is 2.10. The molecule has 0 spiro atoms. The lowest BCUT2D eigenvalue weighted by molar-refractivity contribution is 0.0524. The second kappa shape index (κ2) is 5.77. The summed E-state index contributed by atoms with van der Waals surface area (Å²) in [6.45, 7) is 4.61. The number of carbonyl (C=O) groups is 1. The molecule has 4 N–H and O–H groups in total. The smallest absolute Gasteiger partial charge is 0.340 e. The van der Waals surface area contributed by atoms with Gasteiger partial charge in [0.05, 0.1) is 12.2 Å². The molecule has 0 bridgehead atoms. The van der Waals surface area contributed by atoms with E-state index in [-0.39, 0.29) is 11.9 Å². The molecule has 19 heavy (non-hydrogen) atoms. The van der Waals surface area contributed by atoms with Gasteiger partial charge in [-0.25, -0.2) is 9.78 Å². The third-order valence-electron chi connectivity index (χ3n) is 2.93. The van der Waals surface area contributed by atoms with E-state index in [0.29, 0.717) is 24.4 Å². The molecule has 0 aliphatic carbocycles. The van der Waals surface area contributed by atoms with Gasteiger partial charge in [-0.1, -0.05) is 6.92 Å². The van der Waals surface area contributed by atoms with E-state index in [2.05, 4.69) is 20.6 Å². The molecule has 0 fully saturated rings. The van der Waals surface area contributed by atoms with E-state index in [1.165, 1.54) is 6.20 Å². The highest BCUT2D eigenvalue weighted by molar-refractivity contribution is 5.96. The minimum absolute atomic E-state index is 0.0347. The number of aromatic amines is 1. The van der Waals surface area contributed by atoms with Gasteiger partial charge in [0.2, 0.25) is 0 Å². The molecular weight excluding hydrogens is 246 g/mol. The lowest BCUT2D eigenvalue weighted by Gasteiger charge is -2.15. The van der Waals surface area contributed by atoms with Gasteiger partial charge < -0.3 is 4.74 Å². The van der Waals surface area contributed by atoms with E-state index in [1.807, 2.05) is 6.92 Å². The largest absolute Gasteiger partial charge is 0.462 e. The van der Waals surface area contributed by atoms with Gasteiger partial charge in [0.1, 0.15) is 0 Å². The van der Waals surface area contributed by atoms with Gasteiger partial charge in [0, 0.05) is 24.3 Å². The van der Waals surface area contributed by atoms with Gasteiger partial charge in [-0.05, 0) is 18.4 Å². The summed E-state index contributed by atoms with van der Waals surface area (Å²) < 4.78 is 5.06. The molecule has 0 aromatic carbocycles. The van der Waals surface area contributed by atoms with Gasteiger partial charge >= 0.3 is 5.97 Å². The number of hydrogen-bond acceptors (Lipinski definition) is 6. The molecule has 0 saturated heterocycles. The maximum absolute atomic E-state index is 12.0. The number of ether oxygens (including phenoxy) is 1. The molecule has 2 aromatic rings. The number of carbonyl (C=O) groups excluding carboxylic acids is 1. The molecule has 1 atom stereocenters. The van der Waals surface area contributed by atoms with Crippen LogP contribution in [0.25, 0.3) is 11.0 Å². The molecule has 0 saturated carbocycles. The second-order valence-electron chi connectivity index (χ2n) is 4.24. The molecule has 0 radical (unpaired) electrons. The van der Waals surface area contributed by atoms with Crippen molar-refractivity contribution in [2.75, 3.05) is 13.2 Å². The van der Waals surface area contributed by atoms with Crippen LogP contribution in [0.5, 0.6) is 0 Å². The maximum atomic E-state index is 12.0. The van der Waals surface area contributed by atoms with Crippen molar-refractivity contribution >= 4 is 17.0 Å². The number of fused-ring (bicyclic) bond motifs is 1. The number of nitrogens with one attached hydrogen (secondary N) is 2. The molecule has 0 amide bonds. The minimum Gasteiger partial charge on any atom is -0.462 e. The first kappa shape index (κ1) is 13.4. The van der Waals surface area contributed by atoms with Crippen molar-refractivity contribution < 1.29 is 9.53 Å². The quantitative estimate of drug-likeness (QED) is 0.416. The summed E-state index contributed by atoms with van der Waals surface area (Å²) in [7, 11) is 0. The van der Waals surface area contributed by atoms with Crippen LogP contribution in [0.1, 0.15) is 35.7 Å². The van der Waals surface area contributed by atoms with Crippen LogP contribution >= 0.6 is 0 Å². The fourth-order valence-electron chi connectivity index (χ4n) is 2.10. The fraction of sp³-hybridized carbons (Fsp3) is 0.417. The number of aromatic nitrogens is 3. The Bertz CT molecular complexity index is 581. The van der Waals surface area contributed by atoms with E-state index in [0.717, 1.165) is 10.9 Å². The SMILES string of the molecule is CCOC(=O)c1cnc2n[nH]cc2c1C(C)CNN. The number of pyridine rings is 1. The first-order valence-electron chi connectivity index (χ1n) is 6.12. The third kappa shape index (κ3) is 2.56. The number of nitrogens with zero attached hydrogens (tertiary/aromatic N) is 2. The van der Waals surface area contributed by atoms with Crippen LogP contribution in [-0.4, -0.2) is 34.3 Å². The van der Waals surface area contributed by atoms with E-state index in [4.69, 9.17) is 10.6 Å². The molecule has 7 nitrogen and oxygen atoms in total. The Morgan fingerprint density at radius 3 is 3.11 bits per heavy atom. The standard InChI is InChI=1S/C12H17N5O2/c1-3-19-12(18)9-5-14-11-8(6-16-17-11)10(9)7(2)4-15-13/h5-7,15H,3-4,13H2,1-2H3,(H,14,16,17). The van der Waals surface area contributed by atoms with Crippen molar-refractivity contribution in [3.8, 4) is 0 Å². The summed E-state index contributed by atoms with van der Waals surface area (Å²) in [5, 5.41) is 7.60. The van der Waals surface area contributed by atoms with Crippen LogP contribution in [0.15, 0.2) is 12.4 Å². The molecule has 0 aliphatic heterocycles. The summed E-state index contributed by atoms with van der Waals surface area (Å²) in [5.41, 5.74) is 4.49. The van der Waals surface area contributed by atoms with E-state index < -0.39 is 0 Å². The highest BCUT2D eigenvalue weighted by Gasteiger charge is 2.21. The third-order valence-corrected chi connectivity index (χ3v) is 2.93. The first-order valence-corrected chi connectivity index (χ1v) is 6.12. The number of hydrogen-bond donors (Lipinski definition) is 3. The number of esters is 1. The Morgan fingerprint density at radius 2 is 2.42 bits per heavy atom. The minimum atomic E-state index is -0.378. The second-order valence-corrected chi connectivity index (χ2v) is 4.24. The predicted molar refractivity (Wildman–Crippen MR) is 70.5 cm³/mol. The number of H-pyrrole nitrogens is 1. The van der Waals surface area contributed by atoms with E-state index in [1.54, 1.807) is 13.1 Å². The zero-order valence-electron chi connectivity index (χ0n) is 10.9. The van der Waals surface area contributed by atoms with Gasteiger partial charge in [-0.3, -0.25) is 16.4 Å². The van der Waals surface area contributed by atoms with Gasteiger partial charge in [-0.15, -0.1) is 0 Å². The Labute approximate surface area is 110 Å². The van der Waals surface area contributed by atoms with Crippen LogP contribution in [-0.2, 0) is 4.74 Å². The van der Waals surface area contributed by atoms with Crippen molar-refractivity contribution in [1.82, 2.24) is 20.6 Å². The van der Waals surface area contributed by atoms with Crippen LogP contribution in [0.2, 0.25) is 0 Å². The topological polar surface area (TPSA) is 106 Å². The first-order chi connectivity index (χ1) is 9.19. The van der Waals surface area contributed by atoms with E-state index >= 15 is 0 Å². The summed E-state index contributed by atoms with van der Waals surface area (Å²) >= 11 is 0. The zero-order chi connectivity index (χ0) is 13.8. The monoisotopic (exact) mass is 263 g/mol. The molecule has 7 heteroatoms. The number of hydrazine groups is 1. The van der Waals surface area contributed by atoms with Crippen molar-refractivity contribution in [3.63, 3.8) is 0 Å². The number of nitrogens with two attached hydrogens (primary N) is 1. The lowest BCUT2D eigenvalue weighted by atomic mass is 9.94. The van der Waals surface area contributed by atoms with Crippen molar-refractivity contribution in [3.05, 3.63) is 23.5 Å². The average molecular weight is 263 g/mol. The Hall–Kier alpha value is -1.99. The Balaban J connectivity index is 2.55. The van der Waals surface area contributed by atoms with Gasteiger partial charge in [0.25, 0.3) is 0 Å². The molecule has 2 heterocycles. The zero-order valence-corrected chi connectivity index (χ0v) is 10.9. The summed E-state index contributed by atoms with van der Waals surface area (Å²) in [4.78, 5) is 16.1. The van der Waals surface area contributed by atoms with Crippen LogP contribution in [0, 0.1) is 0 Å². The number of rotatable bonds is 5. The summed E-state index contributed by atoms with van der Waals surface area (Å²) in [5.74, 6) is 5.02. The van der Waals surface area contributed by atoms with Crippen LogP contribution in [0.3, 0.4) is 0 Å². The molecule has 1 unspecified atom stereocenters. The van der Waals surface area contributed by atoms with Crippen molar-refractivity contribution in [1.29, 1.82) is 0 Å². The maximum Gasteiger partial charge on any atom is 0.340 e. The van der Waals surface area contributed by atoms with Crippen LogP contribution < -0.4 is 11.3 Å². The summed E-state index contributed by atoms with van der Waals surface area (Å²) in [6.07, 6.45) is 3.23. The van der Waals surface area contributed by atoms with Crippen molar-refractivity contribution in [2.45, 2.75) is 19.8 Å². The lowest BCUT2D eigenvalue weighted by Crippen LogP contribution is -2.27. The van der Waals surface area contributed by atoms with Gasteiger partial charge in [0.15, 0.2) is 5.65 Å².